The third-order valence-corrected chi connectivity index (χ3v) is 8.59. The molecule has 1 rings (SSSR count). The van der Waals surface area contributed by atoms with E-state index in [9.17, 15) is 0 Å². The highest BCUT2D eigenvalue weighted by Crippen LogP contribution is 2.29. The molecule has 0 radical (unpaired) electrons. The first kappa shape index (κ1) is 16.5. The van der Waals surface area contributed by atoms with Crippen molar-refractivity contribution in [2.24, 2.45) is 0 Å². The zero-order valence-electron chi connectivity index (χ0n) is 12.4. The van der Waals surface area contributed by atoms with E-state index in [0.717, 1.165) is 11.3 Å². The smallest absolute Gasteiger partial charge is 0.251 e. The van der Waals surface area contributed by atoms with Crippen LogP contribution in [0.15, 0.2) is 18.5 Å². The molecule has 0 aliphatic heterocycles. The molecule has 0 spiro atoms. The van der Waals surface area contributed by atoms with Gasteiger partial charge in [0.05, 0.1) is 6.20 Å². The number of pyridine rings is 1. The average Bonchev–Trinajstić information content (AvgIpc) is 2.40. The average molecular weight is 300 g/mol. The van der Waals surface area contributed by atoms with Gasteiger partial charge in [-0.2, -0.15) is 0 Å². The van der Waals surface area contributed by atoms with Gasteiger partial charge in [0.25, 0.3) is 8.32 Å². The van der Waals surface area contributed by atoms with Gasteiger partial charge in [0.2, 0.25) is 0 Å². The van der Waals surface area contributed by atoms with E-state index in [1.165, 1.54) is 37.4 Å². The summed E-state index contributed by atoms with van der Waals surface area (Å²) in [5.41, 5.74) is 1.03. The molecule has 0 aromatic carbocycles. The molecule has 2 nitrogen and oxygen atoms in total. The van der Waals surface area contributed by atoms with Crippen LogP contribution in [0.3, 0.4) is 0 Å². The van der Waals surface area contributed by atoms with E-state index in [-0.39, 0.29) is 0 Å². The van der Waals surface area contributed by atoms with Gasteiger partial charge in [-0.05, 0) is 29.8 Å². The lowest BCUT2D eigenvalue weighted by Gasteiger charge is -2.31. The Morgan fingerprint density at radius 2 is 1.63 bits per heavy atom. The predicted molar refractivity (Wildman–Crippen MR) is 85.5 cm³/mol. The second kappa shape index (κ2) is 8.59. The van der Waals surface area contributed by atoms with Crippen LogP contribution >= 0.6 is 11.6 Å². The molecule has 0 aliphatic carbocycles. The summed E-state index contributed by atoms with van der Waals surface area (Å²) in [6.45, 7) is 6.76. The van der Waals surface area contributed by atoms with Crippen LogP contribution < -0.4 is 4.43 Å². The highest BCUT2D eigenvalue weighted by atomic mass is 35.5. The van der Waals surface area contributed by atoms with Crippen LogP contribution in [0.5, 0.6) is 5.75 Å². The second-order valence-corrected chi connectivity index (χ2v) is 9.54. The van der Waals surface area contributed by atoms with Crippen LogP contribution in [-0.2, 0) is 5.88 Å². The van der Waals surface area contributed by atoms with Gasteiger partial charge in [-0.25, -0.2) is 0 Å². The molecular weight excluding hydrogens is 274 g/mol. The summed E-state index contributed by atoms with van der Waals surface area (Å²) in [6.07, 6.45) is 7.25. The van der Waals surface area contributed by atoms with Gasteiger partial charge in [-0.1, -0.05) is 40.0 Å². The van der Waals surface area contributed by atoms with Crippen LogP contribution in [0, 0.1) is 0 Å². The Bertz CT molecular complexity index is 356. The predicted octanol–water partition coefficient (Wildman–Crippen LogP) is 5.37. The van der Waals surface area contributed by atoms with Gasteiger partial charge >= 0.3 is 0 Å². The number of alkyl halides is 1. The van der Waals surface area contributed by atoms with E-state index in [1.54, 1.807) is 0 Å². The zero-order chi connectivity index (χ0) is 14.1. The first-order chi connectivity index (χ1) is 9.19. The maximum atomic E-state index is 6.48. The number of rotatable bonds is 9. The molecule has 0 aliphatic rings. The zero-order valence-corrected chi connectivity index (χ0v) is 14.2. The Labute approximate surface area is 123 Å². The molecule has 0 saturated carbocycles. The second-order valence-electron chi connectivity index (χ2n) is 5.20. The molecule has 1 heterocycles. The Kier molecular flexibility index (Phi) is 7.47. The van der Waals surface area contributed by atoms with Crippen molar-refractivity contribution >= 4 is 19.9 Å². The Morgan fingerprint density at radius 1 is 1.05 bits per heavy atom. The monoisotopic (exact) mass is 299 g/mol. The van der Waals surface area contributed by atoms with Crippen molar-refractivity contribution in [3.8, 4) is 5.75 Å². The lowest BCUT2D eigenvalue weighted by atomic mass is 10.3. The molecule has 108 valence electrons. The molecule has 0 fully saturated rings. The molecular formula is C15H26ClNOSi. The largest absolute Gasteiger partial charge is 0.542 e. The van der Waals surface area contributed by atoms with Crippen LogP contribution in [0.4, 0.5) is 0 Å². The lowest BCUT2D eigenvalue weighted by Crippen LogP contribution is -2.41. The molecule has 1 aromatic rings. The summed E-state index contributed by atoms with van der Waals surface area (Å²) >= 11 is 5.87. The van der Waals surface area contributed by atoms with Crippen molar-refractivity contribution in [2.45, 2.75) is 64.0 Å². The van der Waals surface area contributed by atoms with Crippen molar-refractivity contribution in [1.82, 2.24) is 4.98 Å². The normalized spacial score (nSPS) is 11.6. The summed E-state index contributed by atoms with van der Waals surface area (Å²) in [5, 5.41) is 0. The molecule has 0 saturated heterocycles. The van der Waals surface area contributed by atoms with Crippen LogP contribution in [0.25, 0.3) is 0 Å². The Hall–Kier alpha value is -0.543. The van der Waals surface area contributed by atoms with Crippen molar-refractivity contribution in [2.75, 3.05) is 0 Å². The SMILES string of the molecule is CCC[Si](CCC)(CCC)Oc1cncc(CCl)c1. The van der Waals surface area contributed by atoms with E-state index in [1.807, 2.05) is 18.5 Å². The minimum absolute atomic E-state index is 0.494. The van der Waals surface area contributed by atoms with Gasteiger partial charge in [0.1, 0.15) is 5.75 Å². The van der Waals surface area contributed by atoms with Gasteiger partial charge in [0.15, 0.2) is 0 Å². The summed E-state index contributed by atoms with van der Waals surface area (Å²) in [7, 11) is -1.66. The molecule has 1 aromatic heterocycles. The van der Waals surface area contributed by atoms with Gasteiger partial charge in [-0.15, -0.1) is 11.6 Å². The van der Waals surface area contributed by atoms with E-state index in [4.69, 9.17) is 16.0 Å². The molecule has 19 heavy (non-hydrogen) atoms. The third-order valence-electron chi connectivity index (χ3n) is 3.38. The fourth-order valence-electron chi connectivity index (χ4n) is 2.74. The maximum absolute atomic E-state index is 6.48. The summed E-state index contributed by atoms with van der Waals surface area (Å²) in [4.78, 5) is 4.23. The fourth-order valence-corrected chi connectivity index (χ4v) is 7.29. The number of nitrogens with zero attached hydrogens (tertiary/aromatic N) is 1. The van der Waals surface area contributed by atoms with Crippen molar-refractivity contribution in [3.63, 3.8) is 0 Å². The van der Waals surface area contributed by atoms with Gasteiger partial charge < -0.3 is 4.43 Å². The molecule has 4 heteroatoms. The molecule has 0 bridgehead atoms. The minimum Gasteiger partial charge on any atom is -0.542 e. The van der Waals surface area contributed by atoms with Crippen LogP contribution in [0.1, 0.15) is 45.6 Å². The maximum Gasteiger partial charge on any atom is 0.251 e. The lowest BCUT2D eigenvalue weighted by molar-refractivity contribution is 0.516. The third kappa shape index (κ3) is 5.15. The molecule has 0 atom stereocenters. The number of hydrogen-bond acceptors (Lipinski definition) is 2. The standard InChI is InChI=1S/C15H26ClNOSi/c1-4-7-19(8-5-2,9-6-3)18-15-10-14(11-16)12-17-13-15/h10,12-13H,4-9,11H2,1-3H3. The molecule has 0 N–H and O–H groups in total. The summed E-state index contributed by atoms with van der Waals surface area (Å²) < 4.78 is 6.48. The van der Waals surface area contributed by atoms with Crippen LogP contribution in [-0.4, -0.2) is 13.3 Å². The number of halogens is 1. The Balaban J connectivity index is 2.90. The first-order valence-electron chi connectivity index (χ1n) is 7.38. The number of aromatic nitrogens is 1. The molecule has 0 unspecified atom stereocenters. The van der Waals surface area contributed by atoms with Gasteiger partial charge in [0, 0.05) is 12.1 Å². The van der Waals surface area contributed by atoms with Crippen molar-refractivity contribution < 1.29 is 4.43 Å². The van der Waals surface area contributed by atoms with E-state index in [2.05, 4.69) is 25.8 Å². The Morgan fingerprint density at radius 3 is 2.11 bits per heavy atom. The quantitative estimate of drug-likeness (QED) is 0.451. The van der Waals surface area contributed by atoms with Gasteiger partial charge in [-0.3, -0.25) is 4.98 Å². The highest BCUT2D eigenvalue weighted by molar-refractivity contribution is 6.74. The summed E-state index contributed by atoms with van der Waals surface area (Å²) in [5.74, 6) is 1.41. The van der Waals surface area contributed by atoms with E-state index in [0.29, 0.717) is 5.88 Å². The van der Waals surface area contributed by atoms with Crippen molar-refractivity contribution in [3.05, 3.63) is 24.0 Å². The highest BCUT2D eigenvalue weighted by Gasteiger charge is 2.34. The molecule has 0 amide bonds. The van der Waals surface area contributed by atoms with E-state index < -0.39 is 8.32 Å². The summed E-state index contributed by atoms with van der Waals surface area (Å²) in [6, 6.07) is 5.75. The number of hydrogen-bond donors (Lipinski definition) is 0. The van der Waals surface area contributed by atoms with Crippen molar-refractivity contribution in [1.29, 1.82) is 0 Å². The van der Waals surface area contributed by atoms with Crippen LogP contribution in [0.2, 0.25) is 18.1 Å². The minimum atomic E-state index is -1.66. The first-order valence-corrected chi connectivity index (χ1v) is 10.4. The van der Waals surface area contributed by atoms with E-state index >= 15 is 0 Å². The topological polar surface area (TPSA) is 22.1 Å². The fraction of sp³-hybridized carbons (Fsp3) is 0.667.